The van der Waals surface area contributed by atoms with E-state index in [0.717, 1.165) is 23.6 Å². The summed E-state index contributed by atoms with van der Waals surface area (Å²) in [6.07, 6.45) is 6.38. The molecule has 4 nitrogen and oxygen atoms in total. The number of hydrogen-bond acceptors (Lipinski definition) is 4. The van der Waals surface area contributed by atoms with Crippen LogP contribution in [0.5, 0.6) is 0 Å². The Morgan fingerprint density at radius 2 is 1.94 bits per heavy atom. The van der Waals surface area contributed by atoms with Gasteiger partial charge in [-0.15, -0.1) is 0 Å². The Kier molecular flexibility index (Phi) is 1.76. The summed E-state index contributed by atoms with van der Waals surface area (Å²) in [6.45, 7) is 0. The minimum Gasteiger partial charge on any atom is -0.339 e. The fraction of sp³-hybridized carbons (Fsp3) is 0.833. The zero-order valence-electron chi connectivity index (χ0n) is 9.30. The summed E-state index contributed by atoms with van der Waals surface area (Å²) < 4.78 is 5.38. The van der Waals surface area contributed by atoms with Gasteiger partial charge < -0.3 is 10.3 Å². The van der Waals surface area contributed by atoms with Crippen LogP contribution in [-0.2, 0) is 0 Å². The highest BCUT2D eigenvalue weighted by molar-refractivity contribution is 5.08. The lowest BCUT2D eigenvalue weighted by atomic mass is 10.0. The van der Waals surface area contributed by atoms with Crippen molar-refractivity contribution in [2.75, 3.05) is 0 Å². The SMILES string of the molecule is NC(c1noc(C2CC3CC3C2)n1)C1CC1. The van der Waals surface area contributed by atoms with Crippen molar-refractivity contribution in [3.8, 4) is 0 Å². The van der Waals surface area contributed by atoms with Crippen molar-refractivity contribution in [3.05, 3.63) is 11.7 Å². The topological polar surface area (TPSA) is 64.9 Å². The summed E-state index contributed by atoms with van der Waals surface area (Å²) in [5.74, 6) is 4.62. The second-order valence-electron chi connectivity index (χ2n) is 5.78. The smallest absolute Gasteiger partial charge is 0.229 e. The van der Waals surface area contributed by atoms with Crippen LogP contribution in [0, 0.1) is 17.8 Å². The summed E-state index contributed by atoms with van der Waals surface area (Å²) in [4.78, 5) is 4.51. The lowest BCUT2D eigenvalue weighted by Gasteiger charge is -2.05. The first kappa shape index (κ1) is 9.16. The third-order valence-electron chi connectivity index (χ3n) is 4.48. The van der Waals surface area contributed by atoms with Gasteiger partial charge in [-0.2, -0.15) is 4.98 Å². The molecule has 0 radical (unpaired) electrons. The molecule has 0 amide bonds. The third-order valence-corrected chi connectivity index (χ3v) is 4.48. The molecule has 3 saturated carbocycles. The first-order valence-corrected chi connectivity index (χ1v) is 6.40. The van der Waals surface area contributed by atoms with Gasteiger partial charge in [0.25, 0.3) is 0 Å². The van der Waals surface area contributed by atoms with Gasteiger partial charge in [0.05, 0.1) is 6.04 Å². The maximum absolute atomic E-state index is 6.06. The van der Waals surface area contributed by atoms with Crippen molar-refractivity contribution in [2.24, 2.45) is 23.5 Å². The zero-order valence-corrected chi connectivity index (χ0v) is 9.30. The Balaban J connectivity index is 1.51. The first-order valence-electron chi connectivity index (χ1n) is 6.40. The standard InChI is InChI=1S/C12H17N3O/c13-10(6-1-2-6)11-14-12(16-15-11)9-4-7-3-8(7)5-9/h6-10H,1-5,13H2. The number of aromatic nitrogens is 2. The van der Waals surface area contributed by atoms with Gasteiger partial charge in [-0.25, -0.2) is 0 Å². The molecular weight excluding hydrogens is 202 g/mol. The Labute approximate surface area is 94.6 Å². The Bertz CT molecular complexity index is 402. The predicted molar refractivity (Wildman–Crippen MR) is 57.5 cm³/mol. The van der Waals surface area contributed by atoms with E-state index in [4.69, 9.17) is 10.3 Å². The molecule has 0 bridgehead atoms. The van der Waals surface area contributed by atoms with E-state index >= 15 is 0 Å². The minimum absolute atomic E-state index is 0.00781. The van der Waals surface area contributed by atoms with E-state index in [0.29, 0.717) is 11.8 Å². The van der Waals surface area contributed by atoms with Crippen LogP contribution in [0.1, 0.15) is 55.8 Å². The number of fused-ring (bicyclic) bond motifs is 1. The van der Waals surface area contributed by atoms with E-state index in [2.05, 4.69) is 10.1 Å². The lowest BCUT2D eigenvalue weighted by Crippen LogP contribution is -2.14. The Hall–Kier alpha value is -0.900. The molecule has 0 saturated heterocycles. The zero-order chi connectivity index (χ0) is 10.7. The first-order chi connectivity index (χ1) is 7.81. The quantitative estimate of drug-likeness (QED) is 0.844. The van der Waals surface area contributed by atoms with Crippen molar-refractivity contribution in [1.29, 1.82) is 0 Å². The molecule has 3 unspecified atom stereocenters. The molecule has 3 atom stereocenters. The third kappa shape index (κ3) is 1.39. The average molecular weight is 219 g/mol. The number of hydrogen-bond donors (Lipinski definition) is 1. The molecule has 4 heteroatoms. The minimum atomic E-state index is 0.00781. The molecule has 86 valence electrons. The molecule has 3 aliphatic rings. The molecule has 4 rings (SSSR count). The fourth-order valence-electron chi connectivity index (χ4n) is 3.13. The number of nitrogens with zero attached hydrogens (tertiary/aromatic N) is 2. The largest absolute Gasteiger partial charge is 0.339 e. The van der Waals surface area contributed by atoms with Crippen LogP contribution in [0.2, 0.25) is 0 Å². The van der Waals surface area contributed by atoms with Crippen LogP contribution in [0.15, 0.2) is 4.52 Å². The van der Waals surface area contributed by atoms with Gasteiger partial charge in [-0.1, -0.05) is 5.16 Å². The van der Waals surface area contributed by atoms with Crippen molar-refractivity contribution in [1.82, 2.24) is 10.1 Å². The van der Waals surface area contributed by atoms with Crippen LogP contribution in [0.3, 0.4) is 0 Å². The van der Waals surface area contributed by atoms with Crippen LogP contribution >= 0.6 is 0 Å². The van der Waals surface area contributed by atoms with E-state index in [-0.39, 0.29) is 6.04 Å². The Morgan fingerprint density at radius 3 is 2.62 bits per heavy atom. The molecular formula is C12H17N3O. The molecule has 3 fully saturated rings. The second kappa shape index (κ2) is 3.06. The van der Waals surface area contributed by atoms with Gasteiger partial charge in [0.2, 0.25) is 5.89 Å². The molecule has 1 aromatic heterocycles. The van der Waals surface area contributed by atoms with Crippen LogP contribution in [0.25, 0.3) is 0 Å². The molecule has 1 heterocycles. The molecule has 3 aliphatic carbocycles. The molecule has 1 aromatic rings. The monoisotopic (exact) mass is 219 g/mol. The molecule has 0 aliphatic heterocycles. The van der Waals surface area contributed by atoms with Crippen LogP contribution in [0.4, 0.5) is 0 Å². The van der Waals surface area contributed by atoms with E-state index in [1.165, 1.54) is 32.1 Å². The summed E-state index contributed by atoms with van der Waals surface area (Å²) in [5.41, 5.74) is 6.06. The van der Waals surface area contributed by atoms with Gasteiger partial charge in [-0.05, 0) is 49.9 Å². The average Bonchev–Trinajstić information content (AvgIpc) is 3.18. The maximum Gasteiger partial charge on any atom is 0.229 e. The highest BCUT2D eigenvalue weighted by Gasteiger charge is 2.48. The summed E-state index contributed by atoms with van der Waals surface area (Å²) in [5, 5.41) is 4.05. The number of nitrogens with two attached hydrogens (primary N) is 1. The van der Waals surface area contributed by atoms with E-state index < -0.39 is 0 Å². The maximum atomic E-state index is 6.06. The van der Waals surface area contributed by atoms with E-state index in [9.17, 15) is 0 Å². The second-order valence-corrected chi connectivity index (χ2v) is 5.78. The summed E-state index contributed by atoms with van der Waals surface area (Å²) in [6, 6.07) is 0.00781. The predicted octanol–water partition coefficient (Wildman–Crippen LogP) is 1.99. The Morgan fingerprint density at radius 1 is 1.19 bits per heavy atom. The van der Waals surface area contributed by atoms with Crippen molar-refractivity contribution < 1.29 is 4.52 Å². The van der Waals surface area contributed by atoms with Gasteiger partial charge in [0.1, 0.15) is 0 Å². The van der Waals surface area contributed by atoms with Crippen molar-refractivity contribution in [3.63, 3.8) is 0 Å². The van der Waals surface area contributed by atoms with Gasteiger partial charge >= 0.3 is 0 Å². The van der Waals surface area contributed by atoms with E-state index in [1.807, 2.05) is 0 Å². The van der Waals surface area contributed by atoms with Crippen LogP contribution in [-0.4, -0.2) is 10.1 Å². The molecule has 2 N–H and O–H groups in total. The van der Waals surface area contributed by atoms with Gasteiger partial charge in [0, 0.05) is 5.92 Å². The summed E-state index contributed by atoms with van der Waals surface area (Å²) >= 11 is 0. The molecule has 16 heavy (non-hydrogen) atoms. The van der Waals surface area contributed by atoms with Gasteiger partial charge in [-0.3, -0.25) is 0 Å². The normalized spacial score (nSPS) is 38.4. The van der Waals surface area contributed by atoms with Gasteiger partial charge in [0.15, 0.2) is 5.82 Å². The highest BCUT2D eigenvalue weighted by atomic mass is 16.5. The molecule has 0 spiro atoms. The summed E-state index contributed by atoms with van der Waals surface area (Å²) in [7, 11) is 0. The molecule has 0 aromatic carbocycles. The highest BCUT2D eigenvalue weighted by Crippen LogP contribution is 2.57. The lowest BCUT2D eigenvalue weighted by molar-refractivity contribution is 0.339. The number of rotatable bonds is 3. The van der Waals surface area contributed by atoms with E-state index in [1.54, 1.807) is 0 Å². The van der Waals surface area contributed by atoms with Crippen molar-refractivity contribution >= 4 is 0 Å². The fourth-order valence-corrected chi connectivity index (χ4v) is 3.13. The van der Waals surface area contributed by atoms with Crippen LogP contribution < -0.4 is 5.73 Å². The van der Waals surface area contributed by atoms with Crippen molar-refractivity contribution in [2.45, 2.75) is 44.1 Å².